The van der Waals surface area contributed by atoms with Gasteiger partial charge in [0, 0.05) is 17.3 Å². The molecule has 1 N–H and O–H groups in total. The first-order valence-corrected chi connectivity index (χ1v) is 10.4. The third kappa shape index (κ3) is 5.24. The van der Waals surface area contributed by atoms with Crippen LogP contribution < -0.4 is 15.0 Å². The molecular weight excluding hydrogens is 418 g/mol. The minimum Gasteiger partial charge on any atom is -0.494 e. The van der Waals surface area contributed by atoms with Gasteiger partial charge in [-0.25, -0.2) is 9.69 Å². The number of halogens is 1. The fraction of sp³-hybridized carbons (Fsp3) is 0.261. The van der Waals surface area contributed by atoms with Gasteiger partial charge in [-0.05, 0) is 55.0 Å². The highest BCUT2D eigenvalue weighted by Gasteiger charge is 2.46. The lowest BCUT2D eigenvalue weighted by atomic mass is 10.1. The average molecular weight is 442 g/mol. The molecule has 0 radical (unpaired) electrons. The molecule has 0 saturated carbocycles. The van der Waals surface area contributed by atoms with Crippen LogP contribution in [0.15, 0.2) is 61.2 Å². The van der Waals surface area contributed by atoms with Crippen LogP contribution in [0.4, 0.5) is 16.2 Å². The second kappa shape index (κ2) is 10.1. The van der Waals surface area contributed by atoms with Crippen molar-refractivity contribution in [2.24, 2.45) is 0 Å². The number of nitrogens with zero attached hydrogens (tertiary/aromatic N) is 2. The van der Waals surface area contributed by atoms with Crippen LogP contribution >= 0.6 is 11.6 Å². The SMILES string of the molecule is C=CCN1C(=O)N(c2ccc(Cl)cc2)C(=O)C1CC(=O)Nc1ccc(OCCC)cc1. The Hall–Kier alpha value is -3.32. The molecule has 0 bridgehead atoms. The lowest BCUT2D eigenvalue weighted by Gasteiger charge is -2.19. The van der Waals surface area contributed by atoms with Crippen molar-refractivity contribution in [1.29, 1.82) is 0 Å². The first-order chi connectivity index (χ1) is 14.9. The van der Waals surface area contributed by atoms with Gasteiger partial charge in [-0.3, -0.25) is 9.59 Å². The van der Waals surface area contributed by atoms with E-state index in [1.165, 1.54) is 11.0 Å². The highest BCUT2D eigenvalue weighted by Crippen LogP contribution is 2.28. The van der Waals surface area contributed by atoms with Crippen molar-refractivity contribution >= 4 is 40.8 Å². The van der Waals surface area contributed by atoms with Crippen LogP contribution in [0.2, 0.25) is 5.02 Å². The molecule has 1 saturated heterocycles. The Morgan fingerprint density at radius 2 is 1.84 bits per heavy atom. The van der Waals surface area contributed by atoms with E-state index in [9.17, 15) is 14.4 Å². The zero-order chi connectivity index (χ0) is 22.4. The number of amides is 4. The van der Waals surface area contributed by atoms with Gasteiger partial charge in [0.2, 0.25) is 5.91 Å². The van der Waals surface area contributed by atoms with E-state index in [2.05, 4.69) is 11.9 Å². The van der Waals surface area contributed by atoms with Crippen molar-refractivity contribution in [2.75, 3.05) is 23.4 Å². The Bertz CT molecular complexity index is 960. The molecule has 1 aliphatic rings. The van der Waals surface area contributed by atoms with Gasteiger partial charge in [0.25, 0.3) is 5.91 Å². The summed E-state index contributed by atoms with van der Waals surface area (Å²) in [5.41, 5.74) is 0.981. The maximum Gasteiger partial charge on any atom is 0.332 e. The van der Waals surface area contributed by atoms with E-state index in [0.29, 0.717) is 28.8 Å². The first-order valence-electron chi connectivity index (χ1n) is 9.98. The number of ether oxygens (including phenoxy) is 1. The zero-order valence-electron chi connectivity index (χ0n) is 17.2. The van der Waals surface area contributed by atoms with E-state index < -0.39 is 18.0 Å². The van der Waals surface area contributed by atoms with Gasteiger partial charge in [0.15, 0.2) is 0 Å². The topological polar surface area (TPSA) is 79.0 Å². The number of carbonyl (C=O) groups is 3. The summed E-state index contributed by atoms with van der Waals surface area (Å²) in [7, 11) is 0. The minimum atomic E-state index is -0.923. The molecule has 1 fully saturated rings. The summed E-state index contributed by atoms with van der Waals surface area (Å²) in [5.74, 6) is -0.125. The third-order valence-electron chi connectivity index (χ3n) is 4.72. The maximum absolute atomic E-state index is 13.0. The van der Waals surface area contributed by atoms with Crippen molar-refractivity contribution in [1.82, 2.24) is 4.90 Å². The Kier molecular flexibility index (Phi) is 7.31. The van der Waals surface area contributed by atoms with Crippen molar-refractivity contribution in [3.63, 3.8) is 0 Å². The molecule has 2 aromatic carbocycles. The molecule has 1 atom stereocenters. The van der Waals surface area contributed by atoms with Gasteiger partial charge in [-0.15, -0.1) is 6.58 Å². The number of nitrogens with one attached hydrogen (secondary N) is 1. The summed E-state index contributed by atoms with van der Waals surface area (Å²) in [4.78, 5) is 40.9. The quantitative estimate of drug-likeness (QED) is 0.459. The molecule has 8 heteroatoms. The van der Waals surface area contributed by atoms with Crippen LogP contribution in [0, 0.1) is 0 Å². The van der Waals surface area contributed by atoms with Gasteiger partial charge >= 0.3 is 6.03 Å². The van der Waals surface area contributed by atoms with Crippen LogP contribution in [0.25, 0.3) is 0 Å². The molecule has 31 heavy (non-hydrogen) atoms. The van der Waals surface area contributed by atoms with Crippen molar-refractivity contribution in [3.05, 3.63) is 66.2 Å². The van der Waals surface area contributed by atoms with Gasteiger partial charge in [-0.2, -0.15) is 0 Å². The molecule has 7 nitrogen and oxygen atoms in total. The normalized spacial score (nSPS) is 15.9. The predicted octanol–water partition coefficient (Wildman–Crippen LogP) is 4.48. The highest BCUT2D eigenvalue weighted by molar-refractivity contribution is 6.30. The molecule has 2 aromatic rings. The summed E-state index contributed by atoms with van der Waals surface area (Å²) < 4.78 is 5.53. The van der Waals surface area contributed by atoms with Crippen LogP contribution in [0.5, 0.6) is 5.75 Å². The number of imide groups is 1. The van der Waals surface area contributed by atoms with E-state index >= 15 is 0 Å². The molecule has 3 rings (SSSR count). The van der Waals surface area contributed by atoms with E-state index in [-0.39, 0.29) is 18.9 Å². The Balaban J connectivity index is 1.71. The lowest BCUT2D eigenvalue weighted by molar-refractivity contribution is -0.124. The van der Waals surface area contributed by atoms with Crippen LogP contribution in [0.1, 0.15) is 19.8 Å². The van der Waals surface area contributed by atoms with E-state index in [1.54, 1.807) is 48.5 Å². The van der Waals surface area contributed by atoms with Crippen LogP contribution in [-0.4, -0.2) is 41.9 Å². The molecule has 1 unspecified atom stereocenters. The number of hydrogen-bond donors (Lipinski definition) is 1. The molecular formula is C23H24ClN3O4. The summed E-state index contributed by atoms with van der Waals surface area (Å²) in [6.07, 6.45) is 2.26. The Labute approximate surface area is 186 Å². The van der Waals surface area contributed by atoms with Gasteiger partial charge in [-0.1, -0.05) is 24.6 Å². The van der Waals surface area contributed by atoms with E-state index in [4.69, 9.17) is 16.3 Å². The Morgan fingerprint density at radius 3 is 2.45 bits per heavy atom. The average Bonchev–Trinajstić information content (AvgIpc) is 2.98. The molecule has 162 valence electrons. The third-order valence-corrected chi connectivity index (χ3v) is 4.97. The number of carbonyl (C=O) groups excluding carboxylic acids is 3. The molecule has 0 spiro atoms. The number of urea groups is 1. The number of hydrogen-bond acceptors (Lipinski definition) is 4. The van der Waals surface area contributed by atoms with Crippen molar-refractivity contribution in [2.45, 2.75) is 25.8 Å². The summed E-state index contributed by atoms with van der Waals surface area (Å²) in [5, 5.41) is 3.26. The molecule has 0 aromatic heterocycles. The number of benzene rings is 2. The predicted molar refractivity (Wildman–Crippen MR) is 120 cm³/mol. The molecule has 1 heterocycles. The van der Waals surface area contributed by atoms with Crippen molar-refractivity contribution < 1.29 is 19.1 Å². The summed E-state index contributed by atoms with van der Waals surface area (Å²) in [6.45, 7) is 6.44. The van der Waals surface area contributed by atoms with E-state index in [1.807, 2.05) is 6.92 Å². The fourth-order valence-corrected chi connectivity index (χ4v) is 3.38. The molecule has 4 amide bonds. The second-order valence-electron chi connectivity index (χ2n) is 7.01. The van der Waals surface area contributed by atoms with Gasteiger partial charge in [0.05, 0.1) is 18.7 Å². The van der Waals surface area contributed by atoms with Gasteiger partial charge in [0.1, 0.15) is 11.8 Å². The summed E-state index contributed by atoms with van der Waals surface area (Å²) in [6, 6.07) is 12.0. The zero-order valence-corrected chi connectivity index (χ0v) is 18.0. The van der Waals surface area contributed by atoms with Crippen molar-refractivity contribution in [3.8, 4) is 5.75 Å². The smallest absolute Gasteiger partial charge is 0.332 e. The number of anilines is 2. The second-order valence-corrected chi connectivity index (χ2v) is 7.45. The fourth-order valence-electron chi connectivity index (χ4n) is 3.25. The van der Waals surface area contributed by atoms with Crippen LogP contribution in [-0.2, 0) is 9.59 Å². The highest BCUT2D eigenvalue weighted by atomic mass is 35.5. The van der Waals surface area contributed by atoms with Gasteiger partial charge < -0.3 is 15.0 Å². The van der Waals surface area contributed by atoms with E-state index in [0.717, 1.165) is 11.3 Å². The summed E-state index contributed by atoms with van der Waals surface area (Å²) >= 11 is 5.91. The standard InChI is InChI=1S/C23H24ClN3O4/c1-3-13-26-20(22(29)27(23(26)30)18-9-5-16(24)6-10-18)15-21(28)25-17-7-11-19(12-8-17)31-14-4-2/h3,5-12,20H,1,4,13-15H2,2H3,(H,25,28). The maximum atomic E-state index is 13.0. The monoisotopic (exact) mass is 441 g/mol. The van der Waals surface area contributed by atoms with Crippen LogP contribution in [0.3, 0.4) is 0 Å². The Morgan fingerprint density at radius 1 is 1.16 bits per heavy atom. The largest absolute Gasteiger partial charge is 0.494 e. The molecule has 1 aliphatic heterocycles. The lowest BCUT2D eigenvalue weighted by Crippen LogP contribution is -2.38. The molecule has 0 aliphatic carbocycles. The first kappa shape index (κ1) is 22.4. The number of rotatable bonds is 9. The minimum absolute atomic E-state index is 0.149.